The zero-order valence-electron chi connectivity index (χ0n) is 17.4. The summed E-state index contributed by atoms with van der Waals surface area (Å²) < 4.78 is 79.6. The van der Waals surface area contributed by atoms with Crippen molar-refractivity contribution in [2.75, 3.05) is 38.2 Å². The quantitative estimate of drug-likeness (QED) is 0.293. The standard InChI is InChI=1S/C21H21ClF6N4O/c1-30-6-8-31(9-7-30)18(16-4-2-3-5-17(16)22)19(33)32(29)15-11-13(20(23,24)25)10-14(12-15)21(26,27)28/h2-5,10-12,18H,6-9,29H2,1H3. The molecule has 0 aliphatic carbocycles. The van der Waals surface area contributed by atoms with Crippen LogP contribution >= 0.6 is 11.6 Å². The Hall–Kier alpha value is -2.34. The zero-order chi connectivity index (χ0) is 24.6. The average Bonchev–Trinajstić information content (AvgIpc) is 2.74. The Morgan fingerprint density at radius 3 is 1.97 bits per heavy atom. The number of likely N-dealkylation sites (N-methyl/N-ethyl adjacent to an activating group) is 1. The summed E-state index contributed by atoms with van der Waals surface area (Å²) in [6.45, 7) is 2.03. The normalized spacial score (nSPS) is 17.1. The van der Waals surface area contributed by atoms with Crippen LogP contribution in [0.1, 0.15) is 22.7 Å². The highest BCUT2D eigenvalue weighted by molar-refractivity contribution is 6.31. The highest BCUT2D eigenvalue weighted by atomic mass is 35.5. The number of carbonyl (C=O) groups excluding carboxylic acids is 1. The van der Waals surface area contributed by atoms with Crippen molar-refractivity contribution in [3.05, 3.63) is 64.2 Å². The summed E-state index contributed by atoms with van der Waals surface area (Å²) in [5.41, 5.74) is -3.51. The number of hydrogen-bond donors (Lipinski definition) is 1. The van der Waals surface area contributed by atoms with Crippen LogP contribution in [0.5, 0.6) is 0 Å². The Morgan fingerprint density at radius 1 is 0.970 bits per heavy atom. The monoisotopic (exact) mass is 494 g/mol. The molecule has 1 heterocycles. The maximum Gasteiger partial charge on any atom is 0.416 e. The van der Waals surface area contributed by atoms with Crippen molar-refractivity contribution < 1.29 is 31.1 Å². The van der Waals surface area contributed by atoms with E-state index in [4.69, 9.17) is 17.4 Å². The lowest BCUT2D eigenvalue weighted by molar-refractivity contribution is -0.143. The number of rotatable bonds is 4. The summed E-state index contributed by atoms with van der Waals surface area (Å²) in [4.78, 5) is 17.2. The first-order valence-electron chi connectivity index (χ1n) is 9.84. The largest absolute Gasteiger partial charge is 0.416 e. The Labute approximate surface area is 191 Å². The van der Waals surface area contributed by atoms with Gasteiger partial charge in [0.25, 0.3) is 5.91 Å². The minimum atomic E-state index is -5.07. The molecule has 2 N–H and O–H groups in total. The summed E-state index contributed by atoms with van der Waals surface area (Å²) in [5.74, 6) is 4.95. The minimum Gasteiger partial charge on any atom is -0.304 e. The summed E-state index contributed by atoms with van der Waals surface area (Å²) >= 11 is 6.29. The molecule has 1 aliphatic heterocycles. The van der Waals surface area contributed by atoms with Gasteiger partial charge < -0.3 is 4.90 Å². The molecule has 0 saturated carbocycles. The fourth-order valence-corrected chi connectivity index (χ4v) is 3.84. The third-order valence-corrected chi connectivity index (χ3v) is 5.77. The molecule has 12 heteroatoms. The number of hydrogen-bond acceptors (Lipinski definition) is 4. The van der Waals surface area contributed by atoms with Gasteiger partial charge in [-0.05, 0) is 36.9 Å². The Balaban J connectivity index is 2.05. The van der Waals surface area contributed by atoms with E-state index in [9.17, 15) is 31.1 Å². The fraction of sp³-hybridized carbons (Fsp3) is 0.381. The van der Waals surface area contributed by atoms with Gasteiger partial charge in [-0.25, -0.2) is 10.9 Å². The smallest absolute Gasteiger partial charge is 0.304 e. The summed E-state index contributed by atoms with van der Waals surface area (Å²) in [6.07, 6.45) is -10.1. The van der Waals surface area contributed by atoms with Crippen molar-refractivity contribution in [1.29, 1.82) is 0 Å². The minimum absolute atomic E-state index is 0.0200. The number of nitrogens with zero attached hydrogens (tertiary/aromatic N) is 3. The lowest BCUT2D eigenvalue weighted by Crippen LogP contribution is -2.52. The summed E-state index contributed by atoms with van der Waals surface area (Å²) in [7, 11) is 1.89. The number of benzene rings is 2. The molecule has 1 atom stereocenters. The SMILES string of the molecule is CN1CCN(C(C(=O)N(N)c2cc(C(F)(F)F)cc(C(F)(F)F)c2)c2ccccc2Cl)CC1. The van der Waals surface area contributed by atoms with E-state index in [-0.39, 0.29) is 11.1 Å². The van der Waals surface area contributed by atoms with Crippen LogP contribution in [0.2, 0.25) is 5.02 Å². The molecule has 1 saturated heterocycles. The van der Waals surface area contributed by atoms with Crippen molar-refractivity contribution in [3.63, 3.8) is 0 Å². The Bertz CT molecular complexity index is 973. The molecule has 1 amide bonds. The van der Waals surface area contributed by atoms with Gasteiger partial charge in [-0.2, -0.15) is 26.3 Å². The number of alkyl halides is 6. The molecule has 1 aliphatic rings. The number of piperazine rings is 1. The zero-order valence-corrected chi connectivity index (χ0v) is 18.2. The molecule has 1 unspecified atom stereocenters. The molecule has 0 spiro atoms. The number of nitrogens with two attached hydrogens (primary N) is 1. The summed E-state index contributed by atoms with van der Waals surface area (Å²) in [5, 5.41) is 0.555. The number of halogens is 7. The van der Waals surface area contributed by atoms with Gasteiger partial charge in [0.2, 0.25) is 0 Å². The van der Waals surface area contributed by atoms with Crippen molar-refractivity contribution in [1.82, 2.24) is 9.80 Å². The van der Waals surface area contributed by atoms with Gasteiger partial charge in [0.05, 0.1) is 16.8 Å². The molecule has 3 rings (SSSR count). The van der Waals surface area contributed by atoms with Crippen LogP contribution in [0.25, 0.3) is 0 Å². The number of anilines is 1. The molecule has 2 aromatic rings. The van der Waals surface area contributed by atoms with Gasteiger partial charge in [-0.15, -0.1) is 0 Å². The van der Waals surface area contributed by atoms with Crippen LogP contribution in [0, 0.1) is 0 Å². The molecule has 5 nitrogen and oxygen atoms in total. The van der Waals surface area contributed by atoms with E-state index in [0.717, 1.165) is 0 Å². The van der Waals surface area contributed by atoms with Crippen LogP contribution in [0.15, 0.2) is 42.5 Å². The van der Waals surface area contributed by atoms with Gasteiger partial charge in [-0.1, -0.05) is 29.8 Å². The van der Waals surface area contributed by atoms with E-state index >= 15 is 0 Å². The molecule has 0 radical (unpaired) electrons. The number of amides is 1. The molecule has 33 heavy (non-hydrogen) atoms. The Morgan fingerprint density at radius 2 is 1.48 bits per heavy atom. The topological polar surface area (TPSA) is 52.8 Å². The molecular weight excluding hydrogens is 474 g/mol. The van der Waals surface area contributed by atoms with Crippen molar-refractivity contribution in [3.8, 4) is 0 Å². The van der Waals surface area contributed by atoms with Gasteiger partial charge in [0.1, 0.15) is 6.04 Å². The van der Waals surface area contributed by atoms with Crippen molar-refractivity contribution in [2.45, 2.75) is 18.4 Å². The van der Waals surface area contributed by atoms with Gasteiger partial charge >= 0.3 is 12.4 Å². The van der Waals surface area contributed by atoms with E-state index in [1.54, 1.807) is 29.2 Å². The first-order valence-corrected chi connectivity index (χ1v) is 10.2. The second-order valence-corrected chi connectivity index (χ2v) is 8.14. The van der Waals surface area contributed by atoms with Crippen LogP contribution in [0.3, 0.4) is 0 Å². The highest BCUT2D eigenvalue weighted by Gasteiger charge is 2.39. The van der Waals surface area contributed by atoms with E-state index in [1.165, 1.54) is 0 Å². The Kier molecular flexibility index (Phi) is 7.27. The lowest BCUT2D eigenvalue weighted by Gasteiger charge is -2.38. The van der Waals surface area contributed by atoms with Crippen LogP contribution in [-0.4, -0.2) is 48.9 Å². The summed E-state index contributed by atoms with van der Waals surface area (Å²) in [6, 6.07) is 6.10. The van der Waals surface area contributed by atoms with Crippen LogP contribution in [0.4, 0.5) is 32.0 Å². The second kappa shape index (κ2) is 9.49. The third-order valence-electron chi connectivity index (χ3n) is 5.42. The number of carbonyl (C=O) groups is 1. The lowest BCUT2D eigenvalue weighted by atomic mass is 10.0. The van der Waals surface area contributed by atoms with Gasteiger partial charge in [0.15, 0.2) is 0 Å². The predicted molar refractivity (Wildman–Crippen MR) is 111 cm³/mol. The van der Waals surface area contributed by atoms with E-state index in [1.807, 2.05) is 11.9 Å². The number of hydrazine groups is 1. The maximum atomic E-state index is 13.4. The molecule has 0 bridgehead atoms. The first kappa shape index (κ1) is 25.3. The van der Waals surface area contributed by atoms with Gasteiger partial charge in [0, 0.05) is 31.2 Å². The maximum absolute atomic E-state index is 13.4. The van der Waals surface area contributed by atoms with Crippen molar-refractivity contribution in [2.24, 2.45) is 5.84 Å². The highest BCUT2D eigenvalue weighted by Crippen LogP contribution is 2.39. The first-order chi connectivity index (χ1) is 15.3. The molecule has 2 aromatic carbocycles. The average molecular weight is 495 g/mol. The van der Waals surface area contributed by atoms with Crippen LogP contribution < -0.4 is 10.9 Å². The van der Waals surface area contributed by atoms with Crippen molar-refractivity contribution >= 4 is 23.2 Å². The predicted octanol–water partition coefficient (Wildman–Crippen LogP) is 4.57. The molecule has 0 aromatic heterocycles. The molecular formula is C21H21ClF6N4O. The molecule has 180 valence electrons. The molecule has 1 fully saturated rings. The van der Waals surface area contributed by atoms with Crippen LogP contribution in [-0.2, 0) is 17.1 Å². The second-order valence-electron chi connectivity index (χ2n) is 7.74. The van der Waals surface area contributed by atoms with E-state index in [2.05, 4.69) is 0 Å². The van der Waals surface area contributed by atoms with E-state index < -0.39 is 41.1 Å². The van der Waals surface area contributed by atoms with E-state index in [0.29, 0.717) is 48.9 Å². The third kappa shape index (κ3) is 5.78. The fourth-order valence-electron chi connectivity index (χ4n) is 3.60. The van der Waals surface area contributed by atoms with Gasteiger partial charge in [-0.3, -0.25) is 9.69 Å².